The number of hydrogen-bond acceptors (Lipinski definition) is 27. The second-order valence-corrected chi connectivity index (χ2v) is 23.8. The molecule has 9 rings (SSSR count). The van der Waals surface area contributed by atoms with E-state index >= 15 is 0 Å². The standard InChI is InChI=1S/C13H16O4.C13H14O4.C10H13NO4.C9H8O3.C8H9NO4.C8H17O5P.C6H13NO.C5H4O3/c2*1-2-16-12(15)8-9-4-3-5-11(14)10-6-7-17-13(9)10;1-2-15-9(12)3-5-11-10(13)8-4-6-14-7-8;10-7-2-1-3-8(11)9-6(7)4-5-12-9;10-7(11)1-3-9-8(12)6-2-4-13-5-6;1-4-11-8(9)7-14(10,12-5-2)13-6-3;1-2-3-6(8)4-5-7;6-5(7)4-1-2-8-3-4/h6-7,9H,2-5,8H2,1H3;6-8H,2-5H2,1H3;4,6-7H,2-3,5H2,1H3,(H,11,13);4-5H,1-3H2;2,4-5H,1,3H2,(H,9,12)(H,10,11);4-7H2,1-3H3;2-5,7H2,1H3;1-3H,(H,6,7)/b;9-8+;;;;;;. The Kier molecular flexibility index (Phi) is 44.6. The van der Waals surface area contributed by atoms with Crippen molar-refractivity contribution < 1.29 is 132 Å². The molecule has 6 N–H and O–H groups in total. The number of fused-ring (bicyclic) bond motifs is 3. The van der Waals surface area contributed by atoms with Crippen LogP contribution in [0.5, 0.6) is 0 Å². The molecule has 31 nitrogen and oxygen atoms in total. The molecule has 0 aromatic carbocycles. The number of Topliss-reactive ketones (excluding diaryl/α,β-unsaturated/α-hetero) is 5. The Bertz CT molecular complexity index is 3630. The number of carbonyl (C=O) groups is 13. The van der Waals surface area contributed by atoms with Crippen LogP contribution in [-0.2, 0) is 61.3 Å². The molecule has 32 heteroatoms. The second kappa shape index (κ2) is 51.7. The summed E-state index contributed by atoms with van der Waals surface area (Å²) in [5.41, 5.74) is 8.57. The van der Waals surface area contributed by atoms with Gasteiger partial charge in [0.25, 0.3) is 11.8 Å². The first-order chi connectivity index (χ1) is 49.8. The van der Waals surface area contributed by atoms with Gasteiger partial charge in [-0.1, -0.05) is 6.92 Å². The minimum absolute atomic E-state index is 0.0181. The first-order valence-electron chi connectivity index (χ1n) is 33.7. The second-order valence-electron chi connectivity index (χ2n) is 21.7. The number of ketones is 5. The molecule has 0 fully saturated rings. The van der Waals surface area contributed by atoms with Gasteiger partial charge in [0, 0.05) is 69.2 Å². The highest BCUT2D eigenvalue weighted by Crippen LogP contribution is 2.47. The van der Waals surface area contributed by atoms with Gasteiger partial charge in [-0.15, -0.1) is 0 Å². The number of nitrogens with two attached hydrogens (primary N) is 1. The van der Waals surface area contributed by atoms with Crippen molar-refractivity contribution >= 4 is 89.7 Å². The Morgan fingerprint density at radius 3 is 1.49 bits per heavy atom. The van der Waals surface area contributed by atoms with Crippen LogP contribution >= 0.6 is 7.60 Å². The summed E-state index contributed by atoms with van der Waals surface area (Å²) in [6, 6.07) is 9.38. The number of rotatable bonds is 26. The Morgan fingerprint density at radius 1 is 0.519 bits per heavy atom. The molecule has 6 aromatic heterocycles. The number of furan rings is 6. The summed E-state index contributed by atoms with van der Waals surface area (Å²) in [5.74, 6) is -2.14. The van der Waals surface area contributed by atoms with Crippen molar-refractivity contribution in [3.63, 3.8) is 0 Å². The number of allylic oxidation sites excluding steroid dienone is 1. The van der Waals surface area contributed by atoms with Crippen LogP contribution in [0.2, 0.25) is 0 Å². The van der Waals surface area contributed by atoms with Crippen molar-refractivity contribution in [3.05, 3.63) is 150 Å². The highest BCUT2D eigenvalue weighted by molar-refractivity contribution is 7.54. The van der Waals surface area contributed by atoms with Crippen LogP contribution in [0, 0.1) is 0 Å². The Hall–Kier alpha value is -10.4. The SMILES string of the molecule is CCCC(=O)CCN.CCOC(=O)/C=C1\CCCC(=O)c2ccoc21.CCOC(=O)CC1CCCC(=O)c2ccoc21.CCOC(=O)CCNC(=O)c1ccoc1.CCOC(=O)CP(=O)(OCC)OCC.O=C(O)CCNC(=O)c1ccoc1.O=C(O)c1ccoc1.O=C1CCCC(=O)c2occc21. The van der Waals surface area contributed by atoms with Gasteiger partial charge in [-0.2, -0.15) is 0 Å². The van der Waals surface area contributed by atoms with Crippen molar-refractivity contribution in [1.29, 1.82) is 0 Å². The van der Waals surface area contributed by atoms with E-state index in [1.165, 1.54) is 74.6 Å². The van der Waals surface area contributed by atoms with E-state index in [4.69, 9.17) is 56.9 Å². The normalized spacial score (nSPS) is 13.6. The molecule has 2 amide bonds. The Balaban J connectivity index is 0.000000409. The van der Waals surface area contributed by atoms with E-state index in [2.05, 4.69) is 24.2 Å². The third-order valence-electron chi connectivity index (χ3n) is 13.9. The molecular weight excluding hydrogens is 1390 g/mol. The highest BCUT2D eigenvalue weighted by Gasteiger charge is 2.30. The number of ether oxygens (including phenoxy) is 4. The largest absolute Gasteiger partial charge is 0.481 e. The first-order valence-corrected chi connectivity index (χ1v) is 35.5. The summed E-state index contributed by atoms with van der Waals surface area (Å²) < 4.78 is 70.3. The molecule has 104 heavy (non-hydrogen) atoms. The molecular formula is C72H94N3O28P. The molecule has 570 valence electrons. The quantitative estimate of drug-likeness (QED) is 0.0111. The third kappa shape index (κ3) is 35.5. The van der Waals surface area contributed by atoms with Gasteiger partial charge in [0.1, 0.15) is 42.3 Å². The summed E-state index contributed by atoms with van der Waals surface area (Å²) in [7, 11) is -3.28. The van der Waals surface area contributed by atoms with E-state index < -0.39 is 25.5 Å². The van der Waals surface area contributed by atoms with Gasteiger partial charge in [-0.05, 0) is 123 Å². The molecule has 0 aliphatic heterocycles. The summed E-state index contributed by atoms with van der Waals surface area (Å²) in [4.78, 5) is 144. The summed E-state index contributed by atoms with van der Waals surface area (Å²) in [5, 5.41) is 21.5. The van der Waals surface area contributed by atoms with Crippen LogP contribution in [-0.4, -0.2) is 152 Å². The van der Waals surface area contributed by atoms with Crippen LogP contribution < -0.4 is 16.4 Å². The number of aliphatic carboxylic acids is 1. The molecule has 0 bridgehead atoms. The maximum atomic E-state index is 11.8. The molecule has 3 aliphatic rings. The van der Waals surface area contributed by atoms with Gasteiger partial charge in [-0.3, -0.25) is 57.3 Å². The fraction of sp³-hybridized carbons (Fsp3) is 0.458. The van der Waals surface area contributed by atoms with E-state index in [1.54, 1.807) is 65.8 Å². The summed E-state index contributed by atoms with van der Waals surface area (Å²) >= 11 is 0. The maximum Gasteiger partial charge on any atom is 0.341 e. The van der Waals surface area contributed by atoms with Gasteiger partial charge in [-0.25, -0.2) is 9.59 Å². The van der Waals surface area contributed by atoms with Crippen LogP contribution in [0.4, 0.5) is 0 Å². The summed E-state index contributed by atoms with van der Waals surface area (Å²) in [6.45, 7) is 15.1. The molecule has 6 aromatic rings. The first kappa shape index (κ1) is 89.7. The van der Waals surface area contributed by atoms with E-state index in [-0.39, 0.29) is 128 Å². The number of carbonyl (C=O) groups excluding carboxylic acids is 11. The number of esters is 4. The summed E-state index contributed by atoms with van der Waals surface area (Å²) in [6.07, 6.45) is 21.6. The van der Waals surface area contributed by atoms with Crippen molar-refractivity contribution in [2.24, 2.45) is 5.73 Å². The van der Waals surface area contributed by atoms with Crippen LogP contribution in [0.1, 0.15) is 235 Å². The van der Waals surface area contributed by atoms with Crippen LogP contribution in [0.15, 0.2) is 125 Å². The number of carboxylic acid groups (broad SMARTS) is 2. The van der Waals surface area contributed by atoms with Gasteiger partial charge >= 0.3 is 43.4 Å². The molecule has 3 aliphatic carbocycles. The number of carboxylic acids is 2. The molecule has 1 atom stereocenters. The van der Waals surface area contributed by atoms with Crippen LogP contribution in [0.3, 0.4) is 0 Å². The van der Waals surface area contributed by atoms with E-state index in [0.29, 0.717) is 123 Å². The topological polar surface area (TPSA) is 464 Å². The van der Waals surface area contributed by atoms with Gasteiger partial charge in [0.2, 0.25) is 0 Å². The maximum absolute atomic E-state index is 11.8. The lowest BCUT2D eigenvalue weighted by Gasteiger charge is -2.15. The number of aromatic carboxylic acids is 1. The zero-order valence-corrected chi connectivity index (χ0v) is 60.4. The fourth-order valence-corrected chi connectivity index (χ4v) is 10.7. The average molecular weight is 1480 g/mol. The smallest absolute Gasteiger partial charge is 0.341 e. The monoisotopic (exact) mass is 1480 g/mol. The Morgan fingerprint density at radius 2 is 0.990 bits per heavy atom. The van der Waals surface area contributed by atoms with Gasteiger partial charge in [0.15, 0.2) is 28.9 Å². The van der Waals surface area contributed by atoms with Crippen molar-refractivity contribution in [2.75, 3.05) is 65.4 Å². The number of amides is 2. The zero-order valence-electron chi connectivity index (χ0n) is 59.5. The van der Waals surface area contributed by atoms with E-state index in [0.717, 1.165) is 31.3 Å². The fourth-order valence-electron chi connectivity index (χ4n) is 9.21. The average Bonchev–Trinajstić information content (AvgIpc) is 1.69. The lowest BCUT2D eigenvalue weighted by atomic mass is 9.97. The van der Waals surface area contributed by atoms with E-state index in [9.17, 15) is 66.9 Å². The lowest BCUT2D eigenvalue weighted by molar-refractivity contribution is -0.144. The van der Waals surface area contributed by atoms with Crippen LogP contribution in [0.25, 0.3) is 5.57 Å². The molecule has 0 saturated carbocycles. The molecule has 6 heterocycles. The third-order valence-corrected chi connectivity index (χ3v) is 15.8. The highest BCUT2D eigenvalue weighted by atomic mass is 31.2. The number of hydrogen-bond donors (Lipinski definition) is 5. The van der Waals surface area contributed by atoms with Crippen molar-refractivity contribution in [3.8, 4) is 0 Å². The zero-order chi connectivity index (χ0) is 77.2. The lowest BCUT2D eigenvalue weighted by Crippen LogP contribution is -2.26. The molecule has 0 saturated heterocycles. The molecule has 1 unspecified atom stereocenters. The minimum Gasteiger partial charge on any atom is -0.481 e. The minimum atomic E-state index is -3.28. The van der Waals surface area contributed by atoms with Crippen molar-refractivity contribution in [1.82, 2.24) is 10.6 Å². The van der Waals surface area contributed by atoms with E-state index in [1.807, 2.05) is 6.92 Å². The molecule has 0 spiro atoms. The predicted molar refractivity (Wildman–Crippen MR) is 371 cm³/mol. The van der Waals surface area contributed by atoms with Gasteiger partial charge in [0.05, 0.1) is 130 Å². The van der Waals surface area contributed by atoms with Gasteiger partial charge < -0.3 is 81.1 Å². The Labute approximate surface area is 601 Å². The van der Waals surface area contributed by atoms with Crippen molar-refractivity contribution in [2.45, 2.75) is 151 Å². The predicted octanol–water partition coefficient (Wildman–Crippen LogP) is 12.0. The number of nitrogens with one attached hydrogen (secondary N) is 2. The molecule has 0 radical (unpaired) electrons.